The van der Waals surface area contributed by atoms with Crippen molar-refractivity contribution >= 4 is 9.84 Å². The van der Waals surface area contributed by atoms with Crippen molar-refractivity contribution < 1.29 is 13.2 Å². The summed E-state index contributed by atoms with van der Waals surface area (Å²) in [6.07, 6.45) is 2.21. The van der Waals surface area contributed by atoms with Crippen LogP contribution in [-0.2, 0) is 14.6 Å². The van der Waals surface area contributed by atoms with Gasteiger partial charge in [0.1, 0.15) is 0 Å². The Morgan fingerprint density at radius 3 is 2.40 bits per heavy atom. The van der Waals surface area contributed by atoms with Crippen molar-refractivity contribution in [3.63, 3.8) is 0 Å². The van der Waals surface area contributed by atoms with Gasteiger partial charge < -0.3 is 4.74 Å². The lowest BCUT2D eigenvalue weighted by Crippen LogP contribution is -2.44. The Kier molecular flexibility index (Phi) is 3.04. The van der Waals surface area contributed by atoms with Gasteiger partial charge in [-0.25, -0.2) is 8.42 Å². The molecule has 0 unspecified atom stereocenters. The molecule has 2 bridgehead atoms. The molecule has 0 amide bonds. The van der Waals surface area contributed by atoms with Gasteiger partial charge in [0, 0.05) is 5.92 Å². The molecular weight excluding hydrogens is 272 g/mol. The van der Waals surface area contributed by atoms with Crippen LogP contribution in [0.25, 0.3) is 0 Å². The molecule has 2 heterocycles. The lowest BCUT2D eigenvalue weighted by molar-refractivity contribution is 0.00896. The molecule has 0 spiro atoms. The molecular formula is C16H22O3S. The highest BCUT2D eigenvalue weighted by Crippen LogP contribution is 2.58. The van der Waals surface area contributed by atoms with Crippen molar-refractivity contribution in [2.45, 2.75) is 50.2 Å². The van der Waals surface area contributed by atoms with Crippen LogP contribution in [0, 0.1) is 11.3 Å². The molecule has 4 heteroatoms. The maximum Gasteiger partial charge on any atom is 0.178 e. The van der Waals surface area contributed by atoms with Gasteiger partial charge in [0.15, 0.2) is 9.84 Å². The molecule has 2 aliphatic heterocycles. The number of benzene rings is 1. The predicted molar refractivity (Wildman–Crippen MR) is 78.3 cm³/mol. The van der Waals surface area contributed by atoms with E-state index in [-0.39, 0.29) is 28.8 Å². The molecule has 0 aliphatic carbocycles. The van der Waals surface area contributed by atoms with Gasteiger partial charge >= 0.3 is 0 Å². The number of ether oxygens (including phenoxy) is 1. The molecule has 0 N–H and O–H groups in total. The van der Waals surface area contributed by atoms with Crippen molar-refractivity contribution in [1.29, 1.82) is 0 Å². The summed E-state index contributed by atoms with van der Waals surface area (Å²) in [5.41, 5.74) is -0.356. The van der Waals surface area contributed by atoms with E-state index in [9.17, 15) is 8.42 Å². The number of rotatable bonds is 3. The highest BCUT2D eigenvalue weighted by molar-refractivity contribution is 7.91. The van der Waals surface area contributed by atoms with E-state index in [2.05, 4.69) is 20.8 Å². The first-order valence-corrected chi connectivity index (χ1v) is 8.86. The van der Waals surface area contributed by atoms with E-state index in [4.69, 9.17) is 4.74 Å². The zero-order valence-electron chi connectivity index (χ0n) is 12.3. The Bertz CT molecular complexity index is 601. The Morgan fingerprint density at radius 2 is 1.85 bits per heavy atom. The topological polar surface area (TPSA) is 43.4 Å². The third-order valence-electron chi connectivity index (χ3n) is 5.27. The molecule has 20 heavy (non-hydrogen) atoms. The highest BCUT2D eigenvalue weighted by atomic mass is 32.2. The van der Waals surface area contributed by atoms with Crippen molar-refractivity contribution in [2.75, 3.05) is 5.75 Å². The molecule has 2 saturated heterocycles. The van der Waals surface area contributed by atoms with Crippen molar-refractivity contribution in [3.05, 3.63) is 30.3 Å². The van der Waals surface area contributed by atoms with E-state index in [1.165, 1.54) is 0 Å². The second kappa shape index (κ2) is 4.31. The van der Waals surface area contributed by atoms with E-state index in [1.807, 2.05) is 6.07 Å². The van der Waals surface area contributed by atoms with Gasteiger partial charge in [0.2, 0.25) is 0 Å². The monoisotopic (exact) mass is 294 g/mol. The summed E-state index contributed by atoms with van der Waals surface area (Å²) in [4.78, 5) is 0.419. The lowest BCUT2D eigenvalue weighted by Gasteiger charge is -2.39. The normalized spacial score (nSPS) is 35.4. The fourth-order valence-corrected chi connectivity index (χ4v) is 5.97. The Morgan fingerprint density at radius 1 is 1.20 bits per heavy atom. The average Bonchev–Trinajstić information content (AvgIpc) is 2.87. The van der Waals surface area contributed by atoms with Crippen molar-refractivity contribution in [1.82, 2.24) is 0 Å². The van der Waals surface area contributed by atoms with Gasteiger partial charge in [-0.2, -0.15) is 0 Å². The third-order valence-corrected chi connectivity index (χ3v) is 7.03. The van der Waals surface area contributed by atoms with E-state index < -0.39 is 9.84 Å². The quantitative estimate of drug-likeness (QED) is 0.860. The number of fused-ring (bicyclic) bond motifs is 2. The summed E-state index contributed by atoms with van der Waals surface area (Å²) in [5.74, 6) is 0.232. The lowest BCUT2D eigenvalue weighted by atomic mass is 9.65. The second-order valence-corrected chi connectivity index (χ2v) is 8.96. The molecule has 1 aromatic rings. The van der Waals surface area contributed by atoms with Crippen LogP contribution in [-0.4, -0.2) is 25.9 Å². The Labute approximate surface area is 121 Å². The van der Waals surface area contributed by atoms with Crippen LogP contribution in [0.1, 0.15) is 33.6 Å². The van der Waals surface area contributed by atoms with Gasteiger partial charge in [0.25, 0.3) is 0 Å². The fourth-order valence-electron chi connectivity index (χ4n) is 3.99. The van der Waals surface area contributed by atoms with Crippen LogP contribution in [0.5, 0.6) is 0 Å². The fraction of sp³-hybridized carbons (Fsp3) is 0.625. The maximum absolute atomic E-state index is 12.6. The van der Waals surface area contributed by atoms with Crippen LogP contribution in [0.2, 0.25) is 0 Å². The van der Waals surface area contributed by atoms with E-state index in [0.29, 0.717) is 4.90 Å². The SMILES string of the molecule is CC1(C)[C@@H]2CC[C@@](C)(O2)[C@H]1CS(=O)(=O)c1ccccc1. The standard InChI is InChI=1S/C16H22O3S/c1-15(2)13(16(3)10-9-14(15)19-16)11-20(17,18)12-7-5-4-6-8-12/h4-8,13-14H,9-11H2,1-3H3/t13-,14-,16+/m0/s1. The highest BCUT2D eigenvalue weighted by Gasteiger charge is 2.61. The summed E-state index contributed by atoms with van der Waals surface area (Å²) in [5, 5.41) is 0. The summed E-state index contributed by atoms with van der Waals surface area (Å²) in [6.45, 7) is 6.37. The molecule has 0 saturated carbocycles. The number of sulfone groups is 1. The zero-order chi connectivity index (χ0) is 14.6. The smallest absolute Gasteiger partial charge is 0.178 e. The molecule has 110 valence electrons. The van der Waals surface area contributed by atoms with Gasteiger partial charge in [-0.05, 0) is 37.3 Å². The summed E-state index contributed by atoms with van der Waals surface area (Å²) < 4.78 is 31.4. The summed E-state index contributed by atoms with van der Waals surface area (Å²) in [6, 6.07) is 8.75. The second-order valence-electron chi connectivity index (χ2n) is 6.93. The van der Waals surface area contributed by atoms with Gasteiger partial charge in [-0.3, -0.25) is 0 Å². The first-order valence-electron chi connectivity index (χ1n) is 7.21. The van der Waals surface area contributed by atoms with E-state index in [1.54, 1.807) is 24.3 Å². The molecule has 0 aromatic heterocycles. The average molecular weight is 294 g/mol. The molecule has 3 rings (SSSR count). The van der Waals surface area contributed by atoms with Crippen LogP contribution in [0.3, 0.4) is 0 Å². The van der Waals surface area contributed by atoms with Gasteiger partial charge in [-0.15, -0.1) is 0 Å². The summed E-state index contributed by atoms with van der Waals surface area (Å²) >= 11 is 0. The molecule has 0 radical (unpaired) electrons. The first kappa shape index (κ1) is 14.1. The zero-order valence-corrected chi connectivity index (χ0v) is 13.1. The van der Waals surface area contributed by atoms with E-state index in [0.717, 1.165) is 12.8 Å². The predicted octanol–water partition coefficient (Wildman–Crippen LogP) is 3.05. The Balaban J connectivity index is 1.92. The van der Waals surface area contributed by atoms with Crippen LogP contribution >= 0.6 is 0 Å². The van der Waals surface area contributed by atoms with Crippen LogP contribution < -0.4 is 0 Å². The molecule has 3 nitrogen and oxygen atoms in total. The van der Waals surface area contributed by atoms with Crippen molar-refractivity contribution in [3.8, 4) is 0 Å². The minimum atomic E-state index is -3.26. The number of hydrogen-bond acceptors (Lipinski definition) is 3. The van der Waals surface area contributed by atoms with Gasteiger partial charge in [-0.1, -0.05) is 32.0 Å². The van der Waals surface area contributed by atoms with Crippen LogP contribution in [0.4, 0.5) is 0 Å². The van der Waals surface area contributed by atoms with Crippen molar-refractivity contribution in [2.24, 2.45) is 11.3 Å². The summed E-state index contributed by atoms with van der Waals surface area (Å²) in [7, 11) is -3.26. The third kappa shape index (κ3) is 2.01. The minimum Gasteiger partial charge on any atom is -0.371 e. The molecule has 1 aromatic carbocycles. The van der Waals surface area contributed by atoms with Gasteiger partial charge in [0.05, 0.1) is 22.4 Å². The maximum atomic E-state index is 12.6. The minimum absolute atomic E-state index is 0.0546. The Hall–Kier alpha value is -0.870. The largest absolute Gasteiger partial charge is 0.371 e. The molecule has 2 fully saturated rings. The molecule has 2 aliphatic rings. The number of hydrogen-bond donors (Lipinski definition) is 0. The van der Waals surface area contributed by atoms with Crippen LogP contribution in [0.15, 0.2) is 35.2 Å². The first-order chi connectivity index (χ1) is 9.26. The van der Waals surface area contributed by atoms with E-state index >= 15 is 0 Å². The molecule has 3 atom stereocenters.